The Bertz CT molecular complexity index is 440. The van der Waals surface area contributed by atoms with Crippen molar-refractivity contribution in [2.24, 2.45) is 5.16 Å². The lowest BCUT2D eigenvalue weighted by atomic mass is 10.0. The summed E-state index contributed by atoms with van der Waals surface area (Å²) in [6.45, 7) is -0.107. The van der Waals surface area contributed by atoms with Gasteiger partial charge < -0.3 is 9.94 Å². The van der Waals surface area contributed by atoms with Gasteiger partial charge in [0, 0.05) is 0 Å². The fourth-order valence-electron chi connectivity index (χ4n) is 1.71. The molecule has 0 spiro atoms. The van der Waals surface area contributed by atoms with Crippen LogP contribution in [-0.4, -0.2) is 23.5 Å². The molecule has 0 bridgehead atoms. The van der Waals surface area contributed by atoms with Crippen LogP contribution in [0.2, 0.25) is 0 Å². The van der Waals surface area contributed by atoms with E-state index in [2.05, 4.69) is 5.16 Å². The third-order valence-electron chi connectivity index (χ3n) is 2.76. The van der Waals surface area contributed by atoms with Crippen LogP contribution in [0.1, 0.15) is 24.0 Å². The Morgan fingerprint density at radius 1 is 1.28 bits per heavy atom. The Kier molecular flexibility index (Phi) is 3.56. The SMILES string of the molecule is OCC1CCC(c2ccc(C(F)(F)F)cc2)=NO1. The molecular weight excluding hydrogens is 247 g/mol. The van der Waals surface area contributed by atoms with E-state index in [1.165, 1.54) is 12.1 Å². The predicted octanol–water partition coefficient (Wildman–Crippen LogP) is 2.58. The first kappa shape index (κ1) is 12.9. The molecule has 0 aliphatic carbocycles. The van der Waals surface area contributed by atoms with Gasteiger partial charge in [-0.05, 0) is 30.5 Å². The van der Waals surface area contributed by atoms with Crippen molar-refractivity contribution in [3.8, 4) is 0 Å². The topological polar surface area (TPSA) is 41.8 Å². The summed E-state index contributed by atoms with van der Waals surface area (Å²) in [6.07, 6.45) is -3.46. The van der Waals surface area contributed by atoms with E-state index in [0.717, 1.165) is 12.1 Å². The molecule has 98 valence electrons. The summed E-state index contributed by atoms with van der Waals surface area (Å²) in [5.41, 5.74) is 0.532. The van der Waals surface area contributed by atoms with Gasteiger partial charge in [0.25, 0.3) is 0 Å². The molecule has 0 fully saturated rings. The Labute approximate surface area is 102 Å². The Morgan fingerprint density at radius 3 is 2.39 bits per heavy atom. The van der Waals surface area contributed by atoms with E-state index < -0.39 is 11.7 Å². The van der Waals surface area contributed by atoms with Crippen molar-refractivity contribution in [1.82, 2.24) is 0 Å². The molecule has 18 heavy (non-hydrogen) atoms. The molecule has 0 saturated heterocycles. The highest BCUT2D eigenvalue weighted by Crippen LogP contribution is 2.29. The van der Waals surface area contributed by atoms with Gasteiger partial charge in [-0.15, -0.1) is 0 Å². The molecule has 1 atom stereocenters. The number of benzene rings is 1. The van der Waals surface area contributed by atoms with Crippen LogP contribution < -0.4 is 0 Å². The van der Waals surface area contributed by atoms with Crippen LogP contribution in [0, 0.1) is 0 Å². The molecule has 0 aromatic heterocycles. The number of oxime groups is 1. The molecule has 0 radical (unpaired) electrons. The zero-order valence-corrected chi connectivity index (χ0v) is 9.44. The second kappa shape index (κ2) is 4.97. The average molecular weight is 259 g/mol. The second-order valence-corrected chi connectivity index (χ2v) is 4.06. The minimum Gasteiger partial charge on any atom is -0.392 e. The first-order valence-electron chi connectivity index (χ1n) is 5.52. The predicted molar refractivity (Wildman–Crippen MR) is 59.2 cm³/mol. The van der Waals surface area contributed by atoms with Crippen LogP contribution in [0.5, 0.6) is 0 Å². The molecule has 2 rings (SSSR count). The van der Waals surface area contributed by atoms with E-state index in [1.54, 1.807) is 0 Å². The van der Waals surface area contributed by atoms with Crippen LogP contribution in [0.15, 0.2) is 29.4 Å². The van der Waals surface area contributed by atoms with Crippen molar-refractivity contribution in [2.75, 3.05) is 6.61 Å². The molecule has 1 aromatic rings. The maximum absolute atomic E-state index is 12.4. The fraction of sp³-hybridized carbons (Fsp3) is 0.417. The largest absolute Gasteiger partial charge is 0.416 e. The van der Waals surface area contributed by atoms with Crippen LogP contribution in [0.25, 0.3) is 0 Å². The normalized spacial score (nSPS) is 20.2. The lowest BCUT2D eigenvalue weighted by Crippen LogP contribution is -2.22. The van der Waals surface area contributed by atoms with Gasteiger partial charge in [-0.2, -0.15) is 13.2 Å². The zero-order valence-electron chi connectivity index (χ0n) is 9.44. The quantitative estimate of drug-likeness (QED) is 0.887. The smallest absolute Gasteiger partial charge is 0.392 e. The number of halogens is 3. The van der Waals surface area contributed by atoms with Crippen LogP contribution >= 0.6 is 0 Å². The lowest BCUT2D eigenvalue weighted by Gasteiger charge is -2.19. The lowest BCUT2D eigenvalue weighted by molar-refractivity contribution is -0.137. The highest BCUT2D eigenvalue weighted by Gasteiger charge is 2.30. The molecule has 6 heteroatoms. The van der Waals surface area contributed by atoms with Gasteiger partial charge in [0.1, 0.15) is 0 Å². The fourth-order valence-corrected chi connectivity index (χ4v) is 1.71. The van der Waals surface area contributed by atoms with E-state index in [9.17, 15) is 13.2 Å². The number of aliphatic hydroxyl groups excluding tert-OH is 1. The summed E-state index contributed by atoms with van der Waals surface area (Å²) >= 11 is 0. The molecule has 1 aliphatic heterocycles. The van der Waals surface area contributed by atoms with Crippen molar-refractivity contribution in [3.05, 3.63) is 35.4 Å². The van der Waals surface area contributed by atoms with Crippen LogP contribution in [-0.2, 0) is 11.0 Å². The molecule has 0 saturated carbocycles. The molecular formula is C12H12F3NO2. The summed E-state index contributed by atoms with van der Waals surface area (Å²) < 4.78 is 37.1. The Hall–Kier alpha value is -1.56. The third-order valence-corrected chi connectivity index (χ3v) is 2.76. The summed E-state index contributed by atoms with van der Waals surface area (Å²) in [7, 11) is 0. The maximum atomic E-state index is 12.4. The molecule has 1 N–H and O–H groups in total. The molecule has 1 unspecified atom stereocenters. The molecule has 1 aliphatic rings. The average Bonchev–Trinajstić information content (AvgIpc) is 2.38. The highest BCUT2D eigenvalue weighted by molar-refractivity contribution is 6.00. The van der Waals surface area contributed by atoms with Gasteiger partial charge in [0.05, 0.1) is 17.9 Å². The number of aliphatic hydroxyl groups is 1. The molecule has 3 nitrogen and oxygen atoms in total. The van der Waals surface area contributed by atoms with Crippen molar-refractivity contribution in [3.63, 3.8) is 0 Å². The Balaban J connectivity index is 2.14. The zero-order chi connectivity index (χ0) is 13.2. The molecule has 1 heterocycles. The van der Waals surface area contributed by atoms with Gasteiger partial charge >= 0.3 is 6.18 Å². The summed E-state index contributed by atoms with van der Waals surface area (Å²) in [5, 5.41) is 12.7. The van der Waals surface area contributed by atoms with E-state index in [-0.39, 0.29) is 12.7 Å². The van der Waals surface area contributed by atoms with Gasteiger partial charge in [-0.3, -0.25) is 0 Å². The van der Waals surface area contributed by atoms with Gasteiger partial charge in [0.2, 0.25) is 0 Å². The van der Waals surface area contributed by atoms with Crippen molar-refractivity contribution in [2.45, 2.75) is 25.1 Å². The number of rotatable bonds is 2. The van der Waals surface area contributed by atoms with E-state index >= 15 is 0 Å². The Morgan fingerprint density at radius 2 is 1.94 bits per heavy atom. The molecule has 1 aromatic carbocycles. The number of alkyl halides is 3. The third kappa shape index (κ3) is 2.81. The first-order chi connectivity index (χ1) is 8.50. The van der Waals surface area contributed by atoms with Crippen molar-refractivity contribution >= 4 is 5.71 Å². The van der Waals surface area contributed by atoms with Gasteiger partial charge in [-0.25, -0.2) is 0 Å². The minimum atomic E-state index is -4.33. The second-order valence-electron chi connectivity index (χ2n) is 4.06. The number of hydrogen-bond acceptors (Lipinski definition) is 3. The standard InChI is InChI=1S/C12H12F3NO2/c13-12(14,15)9-3-1-8(2-4-9)11-6-5-10(7-17)18-16-11/h1-4,10,17H,5-7H2. The van der Waals surface area contributed by atoms with Crippen molar-refractivity contribution < 1.29 is 23.1 Å². The van der Waals surface area contributed by atoms with E-state index in [1.807, 2.05) is 0 Å². The number of nitrogens with zero attached hydrogens (tertiary/aromatic N) is 1. The highest BCUT2D eigenvalue weighted by atomic mass is 19.4. The summed E-state index contributed by atoms with van der Waals surface area (Å²) in [5.74, 6) is 0. The van der Waals surface area contributed by atoms with Crippen LogP contribution in [0.4, 0.5) is 13.2 Å². The van der Waals surface area contributed by atoms with E-state index in [0.29, 0.717) is 24.1 Å². The minimum absolute atomic E-state index is 0.107. The first-order valence-corrected chi connectivity index (χ1v) is 5.52. The summed E-state index contributed by atoms with van der Waals surface area (Å²) in [4.78, 5) is 5.01. The van der Waals surface area contributed by atoms with E-state index in [4.69, 9.17) is 9.94 Å². The molecule has 0 amide bonds. The maximum Gasteiger partial charge on any atom is 0.416 e. The van der Waals surface area contributed by atoms with Crippen LogP contribution in [0.3, 0.4) is 0 Å². The van der Waals surface area contributed by atoms with Gasteiger partial charge in [0.15, 0.2) is 6.10 Å². The number of hydrogen-bond donors (Lipinski definition) is 1. The van der Waals surface area contributed by atoms with Crippen molar-refractivity contribution in [1.29, 1.82) is 0 Å². The monoisotopic (exact) mass is 259 g/mol. The van der Waals surface area contributed by atoms with Gasteiger partial charge in [-0.1, -0.05) is 17.3 Å². The summed E-state index contributed by atoms with van der Waals surface area (Å²) in [6, 6.07) is 4.81.